The maximum Gasteiger partial charge on any atom is 0.320 e. The van der Waals surface area contributed by atoms with Crippen LogP contribution in [-0.4, -0.2) is 55.2 Å². The number of hydrogen-bond donors (Lipinski definition) is 0. The van der Waals surface area contributed by atoms with Gasteiger partial charge in [0.05, 0.1) is 13.2 Å². The van der Waals surface area contributed by atoms with Gasteiger partial charge in [-0.2, -0.15) is 0 Å². The maximum absolute atomic E-state index is 11.6. The van der Waals surface area contributed by atoms with Crippen LogP contribution in [0.5, 0.6) is 0 Å². The minimum Gasteiger partial charge on any atom is -0.465 e. The lowest BCUT2D eigenvalue weighted by Gasteiger charge is -2.33. The van der Waals surface area contributed by atoms with E-state index in [-0.39, 0.29) is 5.97 Å². The van der Waals surface area contributed by atoms with Crippen LogP contribution in [0.1, 0.15) is 19.8 Å². The summed E-state index contributed by atoms with van der Waals surface area (Å²) in [6.07, 6.45) is 3.83. The van der Waals surface area contributed by atoms with Crippen molar-refractivity contribution < 1.29 is 9.53 Å². The molecule has 2 heterocycles. The van der Waals surface area contributed by atoms with E-state index in [4.69, 9.17) is 4.74 Å². The standard InChI is InChI=1S/C13H21N3O2S/c1-2-3-9-18-12(17)11-15-5-7-16(8-6-15)13-14-4-10-19-13/h4,10H,2-3,5-9,11H2,1H3. The minimum absolute atomic E-state index is 0.101. The van der Waals surface area contributed by atoms with Crippen LogP contribution in [-0.2, 0) is 9.53 Å². The lowest BCUT2D eigenvalue weighted by molar-refractivity contribution is -0.145. The molecule has 1 saturated heterocycles. The molecule has 0 unspecified atom stereocenters. The molecule has 6 heteroatoms. The first-order chi connectivity index (χ1) is 9.29. The summed E-state index contributed by atoms with van der Waals surface area (Å²) in [6.45, 7) is 6.69. The molecule has 1 aromatic heterocycles. The highest BCUT2D eigenvalue weighted by atomic mass is 32.1. The first-order valence-corrected chi connectivity index (χ1v) is 7.70. The summed E-state index contributed by atoms with van der Waals surface area (Å²) in [4.78, 5) is 20.3. The molecule has 1 fully saturated rings. The van der Waals surface area contributed by atoms with Crippen LogP contribution in [0.2, 0.25) is 0 Å². The fourth-order valence-electron chi connectivity index (χ4n) is 2.03. The largest absolute Gasteiger partial charge is 0.465 e. The summed E-state index contributed by atoms with van der Waals surface area (Å²) < 4.78 is 5.18. The SMILES string of the molecule is CCCCOC(=O)CN1CCN(c2nccs2)CC1. The van der Waals surface area contributed by atoms with Gasteiger partial charge in [0, 0.05) is 37.8 Å². The number of esters is 1. The molecule has 0 atom stereocenters. The molecule has 0 amide bonds. The molecule has 0 N–H and O–H groups in total. The van der Waals surface area contributed by atoms with E-state index in [1.807, 2.05) is 11.6 Å². The predicted octanol–water partition coefficient (Wildman–Crippen LogP) is 1.61. The molecule has 0 aromatic carbocycles. The zero-order valence-electron chi connectivity index (χ0n) is 11.4. The number of thiazole rings is 1. The van der Waals surface area contributed by atoms with Crippen LogP contribution in [0, 0.1) is 0 Å². The van der Waals surface area contributed by atoms with Gasteiger partial charge in [-0.1, -0.05) is 13.3 Å². The number of aromatic nitrogens is 1. The molecule has 1 aliphatic heterocycles. The Morgan fingerprint density at radius 3 is 2.84 bits per heavy atom. The molecule has 106 valence electrons. The van der Waals surface area contributed by atoms with Gasteiger partial charge in [0.2, 0.25) is 0 Å². The van der Waals surface area contributed by atoms with Crippen molar-refractivity contribution in [3.63, 3.8) is 0 Å². The van der Waals surface area contributed by atoms with Crippen molar-refractivity contribution in [3.05, 3.63) is 11.6 Å². The number of rotatable bonds is 6. The van der Waals surface area contributed by atoms with E-state index in [2.05, 4.69) is 21.7 Å². The Hall–Kier alpha value is -1.14. The van der Waals surface area contributed by atoms with Crippen molar-refractivity contribution in [2.24, 2.45) is 0 Å². The Kier molecular flexibility index (Phi) is 5.60. The van der Waals surface area contributed by atoms with E-state index in [1.54, 1.807) is 11.3 Å². The molecule has 0 saturated carbocycles. The van der Waals surface area contributed by atoms with Gasteiger partial charge in [-0.05, 0) is 6.42 Å². The first-order valence-electron chi connectivity index (χ1n) is 6.82. The number of anilines is 1. The van der Waals surface area contributed by atoms with E-state index in [0.29, 0.717) is 13.2 Å². The molecule has 0 bridgehead atoms. The highest BCUT2D eigenvalue weighted by Crippen LogP contribution is 2.18. The molecular formula is C13H21N3O2S. The molecule has 1 aromatic rings. The fourth-order valence-corrected chi connectivity index (χ4v) is 2.72. The molecule has 19 heavy (non-hydrogen) atoms. The monoisotopic (exact) mass is 283 g/mol. The molecular weight excluding hydrogens is 262 g/mol. The molecule has 1 aliphatic rings. The first kappa shape index (κ1) is 14.3. The average molecular weight is 283 g/mol. The third kappa shape index (κ3) is 4.47. The second-order valence-electron chi connectivity index (χ2n) is 4.65. The van der Waals surface area contributed by atoms with Crippen LogP contribution in [0.3, 0.4) is 0 Å². The number of carbonyl (C=O) groups is 1. The molecule has 0 radical (unpaired) electrons. The van der Waals surface area contributed by atoms with Gasteiger partial charge in [0.25, 0.3) is 0 Å². The molecule has 0 spiro atoms. The Balaban J connectivity index is 1.67. The Morgan fingerprint density at radius 1 is 1.42 bits per heavy atom. The Labute approximate surface area is 118 Å². The quantitative estimate of drug-likeness (QED) is 0.586. The third-order valence-corrected chi connectivity index (χ3v) is 4.01. The van der Waals surface area contributed by atoms with Gasteiger partial charge in [-0.15, -0.1) is 11.3 Å². The van der Waals surface area contributed by atoms with E-state index < -0.39 is 0 Å². The van der Waals surface area contributed by atoms with Crippen LogP contribution in [0.25, 0.3) is 0 Å². The summed E-state index contributed by atoms with van der Waals surface area (Å²) in [6, 6.07) is 0. The zero-order valence-corrected chi connectivity index (χ0v) is 12.2. The van der Waals surface area contributed by atoms with Gasteiger partial charge >= 0.3 is 5.97 Å². The highest BCUT2D eigenvalue weighted by Gasteiger charge is 2.20. The lowest BCUT2D eigenvalue weighted by atomic mass is 10.3. The van der Waals surface area contributed by atoms with Crippen molar-refractivity contribution >= 4 is 22.4 Å². The van der Waals surface area contributed by atoms with Crippen molar-refractivity contribution in [2.45, 2.75) is 19.8 Å². The zero-order chi connectivity index (χ0) is 13.5. The van der Waals surface area contributed by atoms with E-state index in [0.717, 1.165) is 44.2 Å². The third-order valence-electron chi connectivity index (χ3n) is 3.18. The number of ether oxygens (including phenoxy) is 1. The van der Waals surface area contributed by atoms with E-state index in [9.17, 15) is 4.79 Å². The van der Waals surface area contributed by atoms with Crippen LogP contribution in [0.15, 0.2) is 11.6 Å². The van der Waals surface area contributed by atoms with Crippen molar-refractivity contribution in [1.82, 2.24) is 9.88 Å². The fraction of sp³-hybridized carbons (Fsp3) is 0.692. The van der Waals surface area contributed by atoms with Crippen molar-refractivity contribution in [3.8, 4) is 0 Å². The van der Waals surface area contributed by atoms with Gasteiger partial charge in [0.1, 0.15) is 0 Å². The van der Waals surface area contributed by atoms with Crippen LogP contribution >= 0.6 is 11.3 Å². The lowest BCUT2D eigenvalue weighted by Crippen LogP contribution is -2.48. The number of carbonyl (C=O) groups excluding carboxylic acids is 1. The second-order valence-corrected chi connectivity index (χ2v) is 5.52. The topological polar surface area (TPSA) is 45.7 Å². The number of hydrogen-bond acceptors (Lipinski definition) is 6. The minimum atomic E-state index is -0.101. The molecule has 5 nitrogen and oxygen atoms in total. The second kappa shape index (κ2) is 7.45. The number of piperazine rings is 1. The highest BCUT2D eigenvalue weighted by molar-refractivity contribution is 7.13. The van der Waals surface area contributed by atoms with E-state index in [1.165, 1.54) is 0 Å². The van der Waals surface area contributed by atoms with Crippen molar-refractivity contribution in [2.75, 3.05) is 44.2 Å². The van der Waals surface area contributed by atoms with Gasteiger partial charge in [-0.3, -0.25) is 9.69 Å². The van der Waals surface area contributed by atoms with Gasteiger partial charge < -0.3 is 9.64 Å². The summed E-state index contributed by atoms with van der Waals surface area (Å²) in [5.74, 6) is -0.101. The van der Waals surface area contributed by atoms with E-state index >= 15 is 0 Å². The predicted molar refractivity (Wildman–Crippen MR) is 76.6 cm³/mol. The Bertz CT molecular complexity index is 375. The Morgan fingerprint density at radius 2 is 2.21 bits per heavy atom. The van der Waals surface area contributed by atoms with Gasteiger partial charge in [-0.25, -0.2) is 4.98 Å². The van der Waals surface area contributed by atoms with Crippen LogP contribution < -0.4 is 4.90 Å². The normalized spacial score (nSPS) is 16.6. The molecule has 2 rings (SSSR count). The maximum atomic E-state index is 11.6. The summed E-state index contributed by atoms with van der Waals surface area (Å²) in [7, 11) is 0. The summed E-state index contributed by atoms with van der Waals surface area (Å²) >= 11 is 1.66. The average Bonchev–Trinajstić information content (AvgIpc) is 2.94. The summed E-state index contributed by atoms with van der Waals surface area (Å²) in [5, 5.41) is 3.07. The molecule has 0 aliphatic carbocycles. The summed E-state index contributed by atoms with van der Waals surface area (Å²) in [5.41, 5.74) is 0. The van der Waals surface area contributed by atoms with Crippen LogP contribution in [0.4, 0.5) is 5.13 Å². The number of unbranched alkanes of at least 4 members (excludes halogenated alkanes) is 1. The smallest absolute Gasteiger partial charge is 0.320 e. The number of nitrogens with zero attached hydrogens (tertiary/aromatic N) is 3. The van der Waals surface area contributed by atoms with Gasteiger partial charge in [0.15, 0.2) is 5.13 Å². The van der Waals surface area contributed by atoms with Crippen molar-refractivity contribution in [1.29, 1.82) is 0 Å².